The second-order valence-electron chi connectivity index (χ2n) is 5.28. The SMILES string of the molecule is CCc1ccc(NC(=O)C(C#N)=Cc2ccc(OC)cc2OC)cc1. The van der Waals surface area contributed by atoms with Gasteiger partial charge in [-0.15, -0.1) is 0 Å². The number of anilines is 1. The van der Waals surface area contributed by atoms with Crippen LogP contribution in [0.15, 0.2) is 48.0 Å². The minimum atomic E-state index is -0.468. The molecule has 0 fully saturated rings. The van der Waals surface area contributed by atoms with Crippen LogP contribution in [0.5, 0.6) is 11.5 Å². The van der Waals surface area contributed by atoms with E-state index >= 15 is 0 Å². The minimum Gasteiger partial charge on any atom is -0.497 e. The third-order valence-electron chi connectivity index (χ3n) is 3.73. The second kappa shape index (κ2) is 8.55. The van der Waals surface area contributed by atoms with Crippen LogP contribution in [0.25, 0.3) is 6.08 Å². The van der Waals surface area contributed by atoms with E-state index in [1.54, 1.807) is 25.3 Å². The number of rotatable bonds is 6. The van der Waals surface area contributed by atoms with Crippen LogP contribution in [0.4, 0.5) is 5.69 Å². The Balaban J connectivity index is 2.24. The molecule has 0 unspecified atom stereocenters. The van der Waals surface area contributed by atoms with Crippen molar-refractivity contribution in [2.45, 2.75) is 13.3 Å². The Morgan fingerprint density at radius 1 is 1.16 bits per heavy atom. The van der Waals surface area contributed by atoms with Gasteiger partial charge in [0.25, 0.3) is 5.91 Å². The maximum Gasteiger partial charge on any atom is 0.266 e. The molecular formula is C20H20N2O3. The number of carbonyl (C=O) groups is 1. The zero-order valence-corrected chi connectivity index (χ0v) is 14.5. The Bertz CT molecular complexity index is 818. The number of carbonyl (C=O) groups excluding carboxylic acids is 1. The predicted octanol–water partition coefficient (Wildman–Crippen LogP) is 3.81. The summed E-state index contributed by atoms with van der Waals surface area (Å²) in [5, 5.41) is 12.1. The van der Waals surface area contributed by atoms with Gasteiger partial charge in [-0.05, 0) is 42.3 Å². The molecule has 0 aliphatic rings. The van der Waals surface area contributed by atoms with Crippen molar-refractivity contribution >= 4 is 17.7 Å². The summed E-state index contributed by atoms with van der Waals surface area (Å²) in [7, 11) is 3.08. The first kappa shape index (κ1) is 18.1. The molecule has 5 heteroatoms. The summed E-state index contributed by atoms with van der Waals surface area (Å²) in [5.41, 5.74) is 2.43. The van der Waals surface area contributed by atoms with E-state index in [1.807, 2.05) is 30.3 Å². The molecule has 0 aliphatic carbocycles. The van der Waals surface area contributed by atoms with Crippen molar-refractivity contribution in [1.82, 2.24) is 0 Å². The van der Waals surface area contributed by atoms with Crippen LogP contribution in [0.1, 0.15) is 18.1 Å². The molecule has 5 nitrogen and oxygen atoms in total. The van der Waals surface area contributed by atoms with Crippen LogP contribution >= 0.6 is 0 Å². The van der Waals surface area contributed by atoms with Gasteiger partial charge in [0, 0.05) is 17.3 Å². The van der Waals surface area contributed by atoms with Crippen molar-refractivity contribution in [3.63, 3.8) is 0 Å². The van der Waals surface area contributed by atoms with E-state index in [9.17, 15) is 10.1 Å². The van der Waals surface area contributed by atoms with Gasteiger partial charge in [-0.25, -0.2) is 0 Å². The molecule has 128 valence electrons. The highest BCUT2D eigenvalue weighted by Crippen LogP contribution is 2.26. The third-order valence-corrected chi connectivity index (χ3v) is 3.73. The monoisotopic (exact) mass is 336 g/mol. The number of ether oxygens (including phenoxy) is 2. The summed E-state index contributed by atoms with van der Waals surface area (Å²) < 4.78 is 10.4. The molecule has 25 heavy (non-hydrogen) atoms. The number of hydrogen-bond donors (Lipinski definition) is 1. The molecule has 2 aromatic carbocycles. The molecule has 0 atom stereocenters. The lowest BCUT2D eigenvalue weighted by Gasteiger charge is -2.09. The van der Waals surface area contributed by atoms with Gasteiger partial charge in [0.2, 0.25) is 0 Å². The Labute approximate surface area is 147 Å². The van der Waals surface area contributed by atoms with Crippen molar-refractivity contribution < 1.29 is 14.3 Å². The zero-order chi connectivity index (χ0) is 18.2. The molecule has 2 rings (SSSR count). The first-order valence-electron chi connectivity index (χ1n) is 7.85. The van der Waals surface area contributed by atoms with Gasteiger partial charge in [-0.2, -0.15) is 5.26 Å². The smallest absolute Gasteiger partial charge is 0.266 e. The highest BCUT2D eigenvalue weighted by atomic mass is 16.5. The molecule has 0 heterocycles. The number of nitriles is 1. The van der Waals surface area contributed by atoms with E-state index < -0.39 is 5.91 Å². The summed E-state index contributed by atoms with van der Waals surface area (Å²) in [6.07, 6.45) is 2.42. The van der Waals surface area contributed by atoms with E-state index in [0.29, 0.717) is 22.7 Å². The van der Waals surface area contributed by atoms with E-state index in [4.69, 9.17) is 9.47 Å². The number of aryl methyl sites for hydroxylation is 1. The Hall–Kier alpha value is -3.26. The van der Waals surface area contributed by atoms with E-state index in [2.05, 4.69) is 12.2 Å². The number of nitrogens with zero attached hydrogens (tertiary/aromatic N) is 1. The van der Waals surface area contributed by atoms with Crippen LogP contribution < -0.4 is 14.8 Å². The lowest BCUT2D eigenvalue weighted by Crippen LogP contribution is -2.13. The quantitative estimate of drug-likeness (QED) is 0.643. The molecule has 0 radical (unpaired) electrons. The van der Waals surface area contributed by atoms with Crippen molar-refractivity contribution in [2.75, 3.05) is 19.5 Å². The van der Waals surface area contributed by atoms with Gasteiger partial charge in [0.1, 0.15) is 23.1 Å². The fourth-order valence-electron chi connectivity index (χ4n) is 2.26. The maximum atomic E-state index is 12.4. The van der Waals surface area contributed by atoms with Crippen LogP contribution in [0.2, 0.25) is 0 Å². The average Bonchev–Trinajstić information content (AvgIpc) is 2.66. The summed E-state index contributed by atoms with van der Waals surface area (Å²) in [5.74, 6) is 0.685. The summed E-state index contributed by atoms with van der Waals surface area (Å²) in [4.78, 5) is 12.4. The maximum absolute atomic E-state index is 12.4. The van der Waals surface area contributed by atoms with Crippen LogP contribution in [0, 0.1) is 11.3 Å². The van der Waals surface area contributed by atoms with Gasteiger partial charge in [0.15, 0.2) is 0 Å². The zero-order valence-electron chi connectivity index (χ0n) is 14.5. The molecule has 0 spiro atoms. The highest BCUT2D eigenvalue weighted by molar-refractivity contribution is 6.09. The lowest BCUT2D eigenvalue weighted by molar-refractivity contribution is -0.112. The van der Waals surface area contributed by atoms with Crippen molar-refractivity contribution in [3.8, 4) is 17.6 Å². The van der Waals surface area contributed by atoms with E-state index in [1.165, 1.54) is 18.7 Å². The molecule has 0 bridgehead atoms. The summed E-state index contributed by atoms with van der Waals surface area (Å²) in [6, 6.07) is 14.6. The predicted molar refractivity (Wildman–Crippen MR) is 97.6 cm³/mol. The second-order valence-corrected chi connectivity index (χ2v) is 5.28. The Morgan fingerprint density at radius 3 is 2.44 bits per heavy atom. The Morgan fingerprint density at radius 2 is 1.88 bits per heavy atom. The van der Waals surface area contributed by atoms with Gasteiger partial charge < -0.3 is 14.8 Å². The van der Waals surface area contributed by atoms with Crippen LogP contribution in [-0.4, -0.2) is 20.1 Å². The minimum absolute atomic E-state index is 0.0111. The molecule has 2 aromatic rings. The fraction of sp³-hybridized carbons (Fsp3) is 0.200. The summed E-state index contributed by atoms with van der Waals surface area (Å²) in [6.45, 7) is 2.06. The van der Waals surface area contributed by atoms with Crippen LogP contribution in [0.3, 0.4) is 0 Å². The largest absolute Gasteiger partial charge is 0.497 e. The van der Waals surface area contributed by atoms with Gasteiger partial charge in [-0.1, -0.05) is 19.1 Å². The molecule has 0 aromatic heterocycles. The number of hydrogen-bond acceptors (Lipinski definition) is 4. The summed E-state index contributed by atoms with van der Waals surface area (Å²) >= 11 is 0. The average molecular weight is 336 g/mol. The van der Waals surface area contributed by atoms with Gasteiger partial charge >= 0.3 is 0 Å². The molecule has 0 saturated carbocycles. The molecule has 1 N–H and O–H groups in total. The van der Waals surface area contributed by atoms with E-state index in [-0.39, 0.29) is 5.57 Å². The van der Waals surface area contributed by atoms with Gasteiger partial charge in [-0.3, -0.25) is 4.79 Å². The normalized spacial score (nSPS) is 10.7. The Kier molecular flexibility index (Phi) is 6.19. The van der Waals surface area contributed by atoms with Crippen molar-refractivity contribution in [3.05, 3.63) is 59.2 Å². The van der Waals surface area contributed by atoms with Crippen molar-refractivity contribution in [2.24, 2.45) is 0 Å². The number of benzene rings is 2. The first-order chi connectivity index (χ1) is 12.1. The molecule has 1 amide bonds. The standard InChI is InChI=1S/C20H20N2O3/c1-4-14-5-8-17(9-6-14)22-20(23)16(13-21)11-15-7-10-18(24-2)12-19(15)25-3/h5-12H,4H2,1-3H3,(H,22,23). The molecular weight excluding hydrogens is 316 g/mol. The highest BCUT2D eigenvalue weighted by Gasteiger charge is 2.12. The molecule has 0 aliphatic heterocycles. The van der Waals surface area contributed by atoms with Crippen molar-refractivity contribution in [1.29, 1.82) is 5.26 Å². The van der Waals surface area contributed by atoms with Crippen LogP contribution in [-0.2, 0) is 11.2 Å². The van der Waals surface area contributed by atoms with Gasteiger partial charge in [0.05, 0.1) is 14.2 Å². The third kappa shape index (κ3) is 4.61. The first-order valence-corrected chi connectivity index (χ1v) is 7.85. The fourth-order valence-corrected chi connectivity index (χ4v) is 2.26. The lowest BCUT2D eigenvalue weighted by atomic mass is 10.1. The number of methoxy groups -OCH3 is 2. The topological polar surface area (TPSA) is 71.4 Å². The number of amides is 1. The molecule has 0 saturated heterocycles. The van der Waals surface area contributed by atoms with E-state index in [0.717, 1.165) is 6.42 Å². The number of nitrogens with one attached hydrogen (secondary N) is 1.